The molecule has 5 heteroatoms. The van der Waals surface area contributed by atoms with Crippen molar-refractivity contribution in [2.45, 2.75) is 25.9 Å². The molecule has 1 atom stereocenters. The van der Waals surface area contributed by atoms with Crippen LogP contribution in [0.15, 0.2) is 41.6 Å². The zero-order chi connectivity index (χ0) is 15.1. The van der Waals surface area contributed by atoms with E-state index in [0.29, 0.717) is 12.1 Å². The Hall–Kier alpha value is -2.30. The van der Waals surface area contributed by atoms with Gasteiger partial charge in [-0.2, -0.15) is 0 Å². The normalized spacial score (nSPS) is 22.0. The van der Waals surface area contributed by atoms with Gasteiger partial charge in [-0.3, -0.25) is 9.69 Å². The van der Waals surface area contributed by atoms with Crippen LogP contribution in [0.1, 0.15) is 25.5 Å². The monoisotopic (exact) mass is 285 g/mol. The van der Waals surface area contributed by atoms with Crippen molar-refractivity contribution in [1.82, 2.24) is 15.1 Å². The minimum Gasteiger partial charge on any atom is -0.331 e. The fraction of sp³-hybridized carbons (Fsp3) is 0.375. The Kier molecular flexibility index (Phi) is 3.20. The van der Waals surface area contributed by atoms with E-state index in [-0.39, 0.29) is 24.0 Å². The Balaban J connectivity index is 2.06. The smallest absolute Gasteiger partial charge is 0.322 e. The summed E-state index contributed by atoms with van der Waals surface area (Å²) in [6, 6.07) is 9.22. The fourth-order valence-electron chi connectivity index (χ4n) is 2.90. The first-order chi connectivity index (χ1) is 10.0. The second kappa shape index (κ2) is 4.91. The van der Waals surface area contributed by atoms with E-state index in [4.69, 9.17) is 0 Å². The average Bonchev–Trinajstić information content (AvgIpc) is 2.82. The molecule has 2 heterocycles. The maximum atomic E-state index is 12.7. The van der Waals surface area contributed by atoms with Gasteiger partial charge in [-0.15, -0.1) is 0 Å². The van der Waals surface area contributed by atoms with Gasteiger partial charge in [0.05, 0.1) is 23.9 Å². The highest BCUT2D eigenvalue weighted by Crippen LogP contribution is 2.36. The first-order valence-electron chi connectivity index (χ1n) is 7.14. The number of nitrogens with zero attached hydrogens (tertiary/aromatic N) is 2. The lowest BCUT2D eigenvalue weighted by molar-refractivity contribution is -0.127. The van der Waals surface area contributed by atoms with Crippen LogP contribution in [0.4, 0.5) is 4.79 Å². The van der Waals surface area contributed by atoms with Gasteiger partial charge in [-0.05, 0) is 19.4 Å². The van der Waals surface area contributed by atoms with E-state index in [2.05, 4.69) is 5.32 Å². The Bertz CT molecular complexity index is 622. The summed E-state index contributed by atoms with van der Waals surface area (Å²) >= 11 is 0. The predicted molar refractivity (Wildman–Crippen MR) is 79.4 cm³/mol. The topological polar surface area (TPSA) is 52.7 Å². The summed E-state index contributed by atoms with van der Waals surface area (Å²) in [4.78, 5) is 28.2. The van der Waals surface area contributed by atoms with Crippen LogP contribution in [0.2, 0.25) is 0 Å². The van der Waals surface area contributed by atoms with Crippen molar-refractivity contribution in [2.24, 2.45) is 0 Å². The molecule has 0 bridgehead atoms. The van der Waals surface area contributed by atoms with Gasteiger partial charge in [0.25, 0.3) is 5.91 Å². The number of urea groups is 1. The van der Waals surface area contributed by atoms with Gasteiger partial charge >= 0.3 is 6.03 Å². The molecule has 0 saturated carbocycles. The molecule has 0 radical (unpaired) electrons. The quantitative estimate of drug-likeness (QED) is 0.902. The fourth-order valence-corrected chi connectivity index (χ4v) is 2.90. The predicted octanol–water partition coefficient (Wildman–Crippen LogP) is 1.89. The zero-order valence-electron chi connectivity index (χ0n) is 12.5. The molecule has 5 nitrogen and oxygen atoms in total. The summed E-state index contributed by atoms with van der Waals surface area (Å²) in [5.74, 6) is 0.0145. The van der Waals surface area contributed by atoms with Gasteiger partial charge in [-0.1, -0.05) is 30.3 Å². The van der Waals surface area contributed by atoms with E-state index in [1.807, 2.05) is 44.2 Å². The van der Waals surface area contributed by atoms with Gasteiger partial charge in [0.15, 0.2) is 0 Å². The summed E-state index contributed by atoms with van der Waals surface area (Å²) in [6.45, 7) is 4.48. The Morgan fingerprint density at radius 2 is 1.86 bits per heavy atom. The van der Waals surface area contributed by atoms with Gasteiger partial charge in [0.2, 0.25) is 0 Å². The number of benzene rings is 1. The van der Waals surface area contributed by atoms with Crippen molar-refractivity contribution in [1.29, 1.82) is 0 Å². The molecule has 0 fully saturated rings. The number of likely N-dealkylation sites (N-methyl/N-ethyl adjacent to an activating group) is 1. The van der Waals surface area contributed by atoms with E-state index in [1.54, 1.807) is 16.8 Å². The standard InChI is InChI=1S/C16H19N3O2/c1-10(2)19-9-12-13(15(19)20)14(17-16(21)18(12)3)11-7-5-4-6-8-11/h4-8,10,14H,9H2,1-3H3,(H,17,21)/t14-/m0/s1. The average molecular weight is 285 g/mol. The van der Waals surface area contributed by atoms with E-state index < -0.39 is 0 Å². The summed E-state index contributed by atoms with van der Waals surface area (Å²) in [5.41, 5.74) is 2.44. The van der Waals surface area contributed by atoms with Crippen LogP contribution in [0.25, 0.3) is 0 Å². The van der Waals surface area contributed by atoms with Crippen molar-refractivity contribution in [2.75, 3.05) is 13.6 Å². The molecular weight excluding hydrogens is 266 g/mol. The van der Waals surface area contributed by atoms with Gasteiger partial charge in [0, 0.05) is 13.1 Å². The van der Waals surface area contributed by atoms with Gasteiger partial charge < -0.3 is 10.2 Å². The molecule has 21 heavy (non-hydrogen) atoms. The highest BCUT2D eigenvalue weighted by atomic mass is 16.2. The molecule has 0 spiro atoms. The molecule has 3 amide bonds. The minimum atomic E-state index is -0.360. The lowest BCUT2D eigenvalue weighted by Crippen LogP contribution is -2.45. The van der Waals surface area contributed by atoms with E-state index in [9.17, 15) is 9.59 Å². The summed E-state index contributed by atoms with van der Waals surface area (Å²) in [5, 5.41) is 2.93. The number of amides is 3. The summed E-state index contributed by atoms with van der Waals surface area (Å²) in [6.07, 6.45) is 0. The molecule has 1 aromatic carbocycles. The van der Waals surface area contributed by atoms with Crippen LogP contribution in [0, 0.1) is 0 Å². The molecular formula is C16H19N3O2. The highest BCUT2D eigenvalue weighted by Gasteiger charge is 2.43. The Morgan fingerprint density at radius 3 is 2.48 bits per heavy atom. The third-order valence-electron chi connectivity index (χ3n) is 4.14. The first kappa shape index (κ1) is 13.7. The van der Waals surface area contributed by atoms with Gasteiger partial charge in [0.1, 0.15) is 0 Å². The van der Waals surface area contributed by atoms with E-state index in [1.165, 1.54) is 0 Å². The number of carbonyl (C=O) groups excluding carboxylic acids is 2. The van der Waals surface area contributed by atoms with Gasteiger partial charge in [-0.25, -0.2) is 4.79 Å². The van der Waals surface area contributed by atoms with Crippen LogP contribution in [-0.2, 0) is 4.79 Å². The maximum absolute atomic E-state index is 12.7. The minimum absolute atomic E-state index is 0.0145. The summed E-state index contributed by atoms with van der Waals surface area (Å²) < 4.78 is 0. The second-order valence-electron chi connectivity index (χ2n) is 5.74. The van der Waals surface area contributed by atoms with Crippen molar-refractivity contribution in [3.63, 3.8) is 0 Å². The largest absolute Gasteiger partial charge is 0.331 e. The number of hydrogen-bond acceptors (Lipinski definition) is 2. The van der Waals surface area contributed by atoms with Crippen molar-refractivity contribution < 1.29 is 9.59 Å². The third-order valence-corrected chi connectivity index (χ3v) is 4.14. The zero-order valence-corrected chi connectivity index (χ0v) is 12.5. The number of nitrogens with one attached hydrogen (secondary N) is 1. The van der Waals surface area contributed by atoms with Crippen LogP contribution in [0.5, 0.6) is 0 Å². The van der Waals surface area contributed by atoms with Crippen LogP contribution >= 0.6 is 0 Å². The Labute approximate surface area is 124 Å². The van der Waals surface area contributed by atoms with Crippen molar-refractivity contribution in [3.05, 3.63) is 47.2 Å². The highest BCUT2D eigenvalue weighted by molar-refractivity contribution is 6.01. The Morgan fingerprint density at radius 1 is 1.19 bits per heavy atom. The van der Waals surface area contributed by atoms with Crippen molar-refractivity contribution >= 4 is 11.9 Å². The number of carbonyl (C=O) groups is 2. The molecule has 0 saturated heterocycles. The molecule has 2 aliphatic heterocycles. The number of hydrogen-bond donors (Lipinski definition) is 1. The third kappa shape index (κ3) is 2.09. The lowest BCUT2D eigenvalue weighted by Gasteiger charge is -2.31. The van der Waals surface area contributed by atoms with Crippen LogP contribution in [-0.4, -0.2) is 41.4 Å². The SMILES string of the molecule is CC(C)N1CC2=C(C1=O)[C@H](c1ccccc1)NC(=O)N2C. The molecule has 0 aromatic heterocycles. The van der Waals surface area contributed by atoms with Crippen molar-refractivity contribution in [3.8, 4) is 0 Å². The molecule has 110 valence electrons. The number of rotatable bonds is 2. The van der Waals surface area contributed by atoms with E-state index in [0.717, 1.165) is 11.3 Å². The molecule has 0 unspecified atom stereocenters. The summed E-state index contributed by atoms with van der Waals surface area (Å²) in [7, 11) is 1.71. The molecule has 2 aliphatic rings. The van der Waals surface area contributed by atoms with Crippen LogP contribution in [0.3, 0.4) is 0 Å². The lowest BCUT2D eigenvalue weighted by atomic mass is 9.96. The molecule has 1 aromatic rings. The molecule has 3 rings (SSSR count). The van der Waals surface area contributed by atoms with Crippen LogP contribution < -0.4 is 5.32 Å². The molecule has 0 aliphatic carbocycles. The first-order valence-corrected chi connectivity index (χ1v) is 7.14. The second-order valence-corrected chi connectivity index (χ2v) is 5.74. The van der Waals surface area contributed by atoms with E-state index >= 15 is 0 Å². The maximum Gasteiger partial charge on any atom is 0.322 e. The molecule has 1 N–H and O–H groups in total.